The number of hydrogen-bond donors (Lipinski definition) is 0. The van der Waals surface area contributed by atoms with Crippen molar-refractivity contribution in [3.8, 4) is 11.6 Å². The molecule has 0 bridgehead atoms. The summed E-state index contributed by atoms with van der Waals surface area (Å²) in [7, 11) is 0. The Balaban J connectivity index is 2.37. The van der Waals surface area contributed by atoms with Gasteiger partial charge in [0.15, 0.2) is 0 Å². The van der Waals surface area contributed by atoms with Crippen LogP contribution in [0.2, 0.25) is 0 Å². The average molecular weight is 313 g/mol. The number of rotatable bonds is 3. The Labute approximate surface area is 110 Å². The first-order valence-electron chi connectivity index (χ1n) is 4.80. The van der Waals surface area contributed by atoms with E-state index in [1.165, 1.54) is 12.1 Å². The molecular weight excluding hydrogens is 307 g/mol. The Morgan fingerprint density at radius 2 is 2.11 bits per heavy atom. The summed E-state index contributed by atoms with van der Waals surface area (Å²) in [5.41, 5.74) is -0.447. The van der Waals surface area contributed by atoms with Gasteiger partial charge in [0.2, 0.25) is 11.6 Å². The standard InChI is InChI=1S/C11H6BrFN2O3/c12-10-2-1-3-11(14-10)18-9-5-4-7(13)6-8(9)15(16)17/h1-6H. The van der Waals surface area contributed by atoms with Gasteiger partial charge in [-0.25, -0.2) is 9.37 Å². The van der Waals surface area contributed by atoms with E-state index in [-0.39, 0.29) is 11.6 Å². The molecule has 1 aromatic carbocycles. The normalized spacial score (nSPS) is 10.1. The van der Waals surface area contributed by atoms with E-state index in [0.717, 1.165) is 12.1 Å². The Bertz CT molecular complexity index is 607. The molecule has 0 aliphatic rings. The fourth-order valence-corrected chi connectivity index (χ4v) is 1.61. The SMILES string of the molecule is O=[N+]([O-])c1cc(F)ccc1Oc1cccc(Br)n1. The van der Waals surface area contributed by atoms with E-state index in [9.17, 15) is 14.5 Å². The van der Waals surface area contributed by atoms with Gasteiger partial charge in [-0.05, 0) is 34.1 Å². The largest absolute Gasteiger partial charge is 0.432 e. The number of nitrogens with zero attached hydrogens (tertiary/aromatic N) is 2. The molecule has 0 spiro atoms. The number of pyridine rings is 1. The van der Waals surface area contributed by atoms with Crippen LogP contribution in [-0.4, -0.2) is 9.91 Å². The van der Waals surface area contributed by atoms with Crippen LogP contribution < -0.4 is 4.74 Å². The lowest BCUT2D eigenvalue weighted by atomic mass is 10.3. The second-order valence-corrected chi connectivity index (χ2v) is 4.08. The molecule has 5 nitrogen and oxygen atoms in total. The van der Waals surface area contributed by atoms with E-state index in [4.69, 9.17) is 4.74 Å². The summed E-state index contributed by atoms with van der Waals surface area (Å²) in [6.07, 6.45) is 0. The van der Waals surface area contributed by atoms with Gasteiger partial charge in [0.1, 0.15) is 10.4 Å². The Morgan fingerprint density at radius 1 is 1.33 bits per heavy atom. The molecule has 0 atom stereocenters. The highest BCUT2D eigenvalue weighted by Crippen LogP contribution is 2.31. The highest BCUT2D eigenvalue weighted by atomic mass is 79.9. The zero-order valence-electron chi connectivity index (χ0n) is 8.84. The molecule has 0 N–H and O–H groups in total. The van der Waals surface area contributed by atoms with Gasteiger partial charge >= 0.3 is 5.69 Å². The van der Waals surface area contributed by atoms with Crippen molar-refractivity contribution in [2.24, 2.45) is 0 Å². The van der Waals surface area contributed by atoms with Crippen molar-refractivity contribution in [1.82, 2.24) is 4.98 Å². The van der Waals surface area contributed by atoms with Gasteiger partial charge in [0, 0.05) is 6.07 Å². The third-order valence-corrected chi connectivity index (χ3v) is 2.46. The van der Waals surface area contributed by atoms with E-state index >= 15 is 0 Å². The fourth-order valence-electron chi connectivity index (χ4n) is 1.28. The minimum Gasteiger partial charge on any atom is -0.432 e. The lowest BCUT2D eigenvalue weighted by Gasteiger charge is -2.05. The second kappa shape index (κ2) is 5.09. The predicted octanol–water partition coefficient (Wildman–Crippen LogP) is 3.68. The van der Waals surface area contributed by atoms with Gasteiger partial charge < -0.3 is 4.74 Å². The molecule has 0 amide bonds. The van der Waals surface area contributed by atoms with Crippen molar-refractivity contribution in [2.75, 3.05) is 0 Å². The van der Waals surface area contributed by atoms with Crippen LogP contribution >= 0.6 is 15.9 Å². The summed E-state index contributed by atoms with van der Waals surface area (Å²) in [6, 6.07) is 7.97. The minimum absolute atomic E-state index is 0.0630. The third kappa shape index (κ3) is 2.80. The number of aromatic nitrogens is 1. The molecule has 18 heavy (non-hydrogen) atoms. The monoisotopic (exact) mass is 312 g/mol. The summed E-state index contributed by atoms with van der Waals surface area (Å²) < 4.78 is 18.7. The van der Waals surface area contributed by atoms with Crippen molar-refractivity contribution in [1.29, 1.82) is 0 Å². The van der Waals surface area contributed by atoms with Crippen LogP contribution in [0.5, 0.6) is 11.6 Å². The quantitative estimate of drug-likeness (QED) is 0.492. The topological polar surface area (TPSA) is 65.3 Å². The first-order valence-corrected chi connectivity index (χ1v) is 5.60. The van der Waals surface area contributed by atoms with Crippen LogP contribution in [0.4, 0.5) is 10.1 Å². The zero-order chi connectivity index (χ0) is 13.1. The first-order chi connectivity index (χ1) is 8.56. The van der Waals surface area contributed by atoms with Crippen LogP contribution in [0.1, 0.15) is 0 Å². The number of halogens is 2. The summed E-state index contributed by atoms with van der Waals surface area (Å²) in [4.78, 5) is 14.0. The molecule has 92 valence electrons. The Hall–Kier alpha value is -2.02. The molecule has 0 fully saturated rings. The van der Waals surface area contributed by atoms with Gasteiger partial charge in [-0.2, -0.15) is 0 Å². The van der Waals surface area contributed by atoms with Crippen LogP contribution in [0.25, 0.3) is 0 Å². The molecule has 1 heterocycles. The summed E-state index contributed by atoms with van der Waals surface area (Å²) in [6.45, 7) is 0. The maximum absolute atomic E-state index is 12.9. The van der Waals surface area contributed by atoms with Crippen molar-refractivity contribution < 1.29 is 14.1 Å². The molecule has 7 heteroatoms. The number of nitro benzene ring substituents is 1. The fraction of sp³-hybridized carbons (Fsp3) is 0. The Kier molecular flexibility index (Phi) is 3.52. The van der Waals surface area contributed by atoms with E-state index in [0.29, 0.717) is 4.60 Å². The number of nitro groups is 1. The van der Waals surface area contributed by atoms with Gasteiger partial charge in [-0.3, -0.25) is 10.1 Å². The van der Waals surface area contributed by atoms with Crippen LogP contribution in [0, 0.1) is 15.9 Å². The number of benzene rings is 1. The van der Waals surface area contributed by atoms with Crippen LogP contribution in [0.3, 0.4) is 0 Å². The lowest BCUT2D eigenvalue weighted by Crippen LogP contribution is -1.95. The Morgan fingerprint density at radius 3 is 2.78 bits per heavy atom. The highest BCUT2D eigenvalue weighted by molar-refractivity contribution is 9.10. The molecule has 0 aliphatic heterocycles. The molecule has 2 rings (SSSR count). The number of hydrogen-bond acceptors (Lipinski definition) is 4. The van der Waals surface area contributed by atoms with Crippen molar-refractivity contribution in [3.63, 3.8) is 0 Å². The van der Waals surface area contributed by atoms with Crippen LogP contribution in [0.15, 0.2) is 41.0 Å². The van der Waals surface area contributed by atoms with Gasteiger partial charge in [-0.1, -0.05) is 6.07 Å². The van der Waals surface area contributed by atoms with E-state index in [1.807, 2.05) is 0 Å². The highest BCUT2D eigenvalue weighted by Gasteiger charge is 2.17. The third-order valence-electron chi connectivity index (χ3n) is 2.02. The van der Waals surface area contributed by atoms with Crippen molar-refractivity contribution in [3.05, 3.63) is 56.9 Å². The number of ether oxygens (including phenoxy) is 1. The van der Waals surface area contributed by atoms with Crippen molar-refractivity contribution in [2.45, 2.75) is 0 Å². The summed E-state index contributed by atoms with van der Waals surface area (Å²) in [5, 5.41) is 10.8. The van der Waals surface area contributed by atoms with E-state index < -0.39 is 16.4 Å². The minimum atomic E-state index is -0.712. The smallest absolute Gasteiger partial charge is 0.314 e. The summed E-state index contributed by atoms with van der Waals surface area (Å²) >= 11 is 3.15. The molecular formula is C11H6BrFN2O3. The first kappa shape index (κ1) is 12.4. The molecule has 0 saturated carbocycles. The summed E-state index contributed by atoms with van der Waals surface area (Å²) in [5.74, 6) is -0.581. The predicted molar refractivity (Wildman–Crippen MR) is 65.1 cm³/mol. The maximum atomic E-state index is 12.9. The van der Waals surface area contributed by atoms with E-state index in [1.54, 1.807) is 12.1 Å². The van der Waals surface area contributed by atoms with Gasteiger partial charge in [-0.15, -0.1) is 0 Å². The molecule has 0 unspecified atom stereocenters. The van der Waals surface area contributed by atoms with Crippen LogP contribution in [-0.2, 0) is 0 Å². The second-order valence-electron chi connectivity index (χ2n) is 3.27. The molecule has 0 saturated heterocycles. The van der Waals surface area contributed by atoms with Gasteiger partial charge in [0.05, 0.1) is 11.0 Å². The van der Waals surface area contributed by atoms with Crippen molar-refractivity contribution >= 4 is 21.6 Å². The average Bonchev–Trinajstić information content (AvgIpc) is 2.31. The lowest BCUT2D eigenvalue weighted by molar-refractivity contribution is -0.385. The van der Waals surface area contributed by atoms with Gasteiger partial charge in [0.25, 0.3) is 0 Å². The molecule has 1 aromatic heterocycles. The maximum Gasteiger partial charge on any atom is 0.314 e. The van der Waals surface area contributed by atoms with E-state index in [2.05, 4.69) is 20.9 Å². The molecule has 2 aromatic rings. The molecule has 0 radical (unpaired) electrons. The zero-order valence-corrected chi connectivity index (χ0v) is 10.4. The molecule has 0 aliphatic carbocycles.